The predicted molar refractivity (Wildman–Crippen MR) is 138 cm³/mol. The Bertz CT molecular complexity index is 1100. The predicted octanol–water partition coefficient (Wildman–Crippen LogP) is 4.14. The molecule has 196 valence electrons. The van der Waals surface area contributed by atoms with Crippen LogP contribution in [0.3, 0.4) is 0 Å². The van der Waals surface area contributed by atoms with Gasteiger partial charge in [-0.05, 0) is 30.5 Å². The van der Waals surface area contributed by atoms with E-state index >= 15 is 0 Å². The van der Waals surface area contributed by atoms with Gasteiger partial charge in [0.15, 0.2) is 5.79 Å². The molecule has 2 fully saturated rings. The van der Waals surface area contributed by atoms with Crippen LogP contribution in [-0.2, 0) is 43.6 Å². The van der Waals surface area contributed by atoms with Gasteiger partial charge in [0.2, 0.25) is 0 Å². The second kappa shape index (κ2) is 11.8. The lowest BCUT2D eigenvalue weighted by Gasteiger charge is -2.45. The smallest absolute Gasteiger partial charge is 0.164 e. The largest absolute Gasteiger partial charge is 0.388 e. The standard InChI is InChI=1S/C30H35NO6/c1-30(2)36-27-25(32)24(31-35-20-23-16-10-5-11-17-23)26(33-18-21-12-6-3-7-13-21)28(29(27)37-30)34-19-22-14-8-4-9-15-22/h3-17,24-29,31-32H,18-20H2,1-2H3/t24-,25+,26+,27-,28-,29-/m1/s1. The highest BCUT2D eigenvalue weighted by atomic mass is 16.8. The van der Waals surface area contributed by atoms with Gasteiger partial charge in [0.1, 0.15) is 30.5 Å². The molecule has 1 saturated heterocycles. The normalized spacial score (nSPS) is 28.6. The number of aliphatic hydroxyl groups is 1. The van der Waals surface area contributed by atoms with E-state index in [0.717, 1.165) is 16.7 Å². The number of nitrogens with one attached hydrogen (secondary N) is 1. The molecule has 2 aliphatic rings. The maximum Gasteiger partial charge on any atom is 0.164 e. The van der Waals surface area contributed by atoms with E-state index in [1.807, 2.05) is 105 Å². The fourth-order valence-corrected chi connectivity index (χ4v) is 4.98. The van der Waals surface area contributed by atoms with Crippen LogP contribution in [0.1, 0.15) is 30.5 Å². The highest BCUT2D eigenvalue weighted by molar-refractivity contribution is 5.16. The molecular weight excluding hydrogens is 470 g/mol. The first-order chi connectivity index (χ1) is 18.0. The zero-order valence-electron chi connectivity index (χ0n) is 21.2. The van der Waals surface area contributed by atoms with Crippen molar-refractivity contribution in [2.75, 3.05) is 0 Å². The second-order valence-corrected chi connectivity index (χ2v) is 10.00. The van der Waals surface area contributed by atoms with Gasteiger partial charge in [-0.3, -0.25) is 4.84 Å². The molecule has 5 rings (SSSR count). The molecule has 0 bridgehead atoms. The molecule has 0 radical (unpaired) electrons. The van der Waals surface area contributed by atoms with Crippen LogP contribution < -0.4 is 5.48 Å². The lowest BCUT2D eigenvalue weighted by Crippen LogP contribution is -2.67. The zero-order valence-corrected chi connectivity index (χ0v) is 21.2. The van der Waals surface area contributed by atoms with Crippen molar-refractivity contribution >= 4 is 0 Å². The summed E-state index contributed by atoms with van der Waals surface area (Å²) in [6.45, 7) is 4.75. The third kappa shape index (κ3) is 6.45. The minimum Gasteiger partial charge on any atom is -0.388 e. The Kier molecular flexibility index (Phi) is 8.32. The van der Waals surface area contributed by atoms with E-state index in [1.54, 1.807) is 0 Å². The third-order valence-electron chi connectivity index (χ3n) is 6.74. The van der Waals surface area contributed by atoms with Crippen LogP contribution in [0.25, 0.3) is 0 Å². The number of aliphatic hydroxyl groups excluding tert-OH is 1. The fourth-order valence-electron chi connectivity index (χ4n) is 4.98. The van der Waals surface area contributed by atoms with Gasteiger partial charge in [0, 0.05) is 0 Å². The van der Waals surface area contributed by atoms with Gasteiger partial charge in [0.25, 0.3) is 0 Å². The summed E-state index contributed by atoms with van der Waals surface area (Å²) >= 11 is 0. The van der Waals surface area contributed by atoms with Gasteiger partial charge in [-0.25, -0.2) is 0 Å². The second-order valence-electron chi connectivity index (χ2n) is 10.00. The summed E-state index contributed by atoms with van der Waals surface area (Å²) in [5.41, 5.74) is 6.16. The van der Waals surface area contributed by atoms with Crippen molar-refractivity contribution in [3.63, 3.8) is 0 Å². The van der Waals surface area contributed by atoms with Crippen LogP contribution in [-0.4, -0.2) is 47.5 Å². The Morgan fingerprint density at radius 3 is 1.68 bits per heavy atom. The molecule has 2 N–H and O–H groups in total. The van der Waals surface area contributed by atoms with E-state index in [2.05, 4.69) is 5.48 Å². The Labute approximate surface area is 218 Å². The third-order valence-corrected chi connectivity index (χ3v) is 6.74. The van der Waals surface area contributed by atoms with Gasteiger partial charge in [0.05, 0.1) is 25.9 Å². The van der Waals surface area contributed by atoms with Crippen LogP contribution >= 0.6 is 0 Å². The summed E-state index contributed by atoms with van der Waals surface area (Å²) < 4.78 is 25.4. The summed E-state index contributed by atoms with van der Waals surface area (Å²) in [4.78, 5) is 5.88. The van der Waals surface area contributed by atoms with E-state index in [0.29, 0.717) is 19.8 Å². The summed E-state index contributed by atoms with van der Waals surface area (Å²) in [5, 5.41) is 11.5. The molecule has 0 amide bonds. The Morgan fingerprint density at radius 1 is 0.676 bits per heavy atom. The number of ether oxygens (including phenoxy) is 4. The minimum absolute atomic E-state index is 0.335. The number of hydrogen-bond donors (Lipinski definition) is 2. The van der Waals surface area contributed by atoms with Crippen LogP contribution in [0.4, 0.5) is 0 Å². The van der Waals surface area contributed by atoms with Crippen molar-refractivity contribution in [2.45, 2.75) is 76.0 Å². The van der Waals surface area contributed by atoms with Crippen molar-refractivity contribution < 1.29 is 28.9 Å². The lowest BCUT2D eigenvalue weighted by atomic mass is 9.83. The van der Waals surface area contributed by atoms with Crippen LogP contribution in [0.15, 0.2) is 91.0 Å². The fraction of sp³-hybridized carbons (Fsp3) is 0.400. The minimum atomic E-state index is -0.945. The summed E-state index contributed by atoms with van der Waals surface area (Å²) in [6, 6.07) is 29.2. The molecule has 1 heterocycles. The molecule has 3 aromatic rings. The van der Waals surface area contributed by atoms with Gasteiger partial charge in [-0.2, -0.15) is 5.48 Å². The van der Waals surface area contributed by atoms with Crippen LogP contribution in [0, 0.1) is 0 Å². The molecule has 3 aromatic carbocycles. The highest BCUT2D eigenvalue weighted by Gasteiger charge is 2.59. The molecule has 1 aliphatic heterocycles. The average Bonchev–Trinajstić information content (AvgIpc) is 3.25. The first kappa shape index (κ1) is 26.0. The topological polar surface area (TPSA) is 78.4 Å². The number of fused-ring (bicyclic) bond motifs is 1. The maximum atomic E-state index is 11.5. The molecule has 0 spiro atoms. The SMILES string of the molecule is CC1(C)O[C@H]2[C@H](OCc3ccccc3)[C@@H](OCc3ccccc3)[C@H](NOCc3ccccc3)[C@H](O)[C@H]2O1. The Morgan fingerprint density at radius 2 is 1.14 bits per heavy atom. The van der Waals surface area contributed by atoms with Crippen molar-refractivity contribution in [3.05, 3.63) is 108 Å². The molecule has 1 saturated carbocycles. The maximum absolute atomic E-state index is 11.5. The molecule has 0 aromatic heterocycles. The average molecular weight is 506 g/mol. The number of hydrogen-bond acceptors (Lipinski definition) is 7. The zero-order chi connectivity index (χ0) is 25.7. The van der Waals surface area contributed by atoms with E-state index in [9.17, 15) is 5.11 Å². The summed E-state index contributed by atoms with van der Waals surface area (Å²) in [6.07, 6.45) is -3.16. The Balaban J connectivity index is 1.39. The number of rotatable bonds is 10. The van der Waals surface area contributed by atoms with Gasteiger partial charge in [-0.15, -0.1) is 0 Å². The van der Waals surface area contributed by atoms with Gasteiger partial charge >= 0.3 is 0 Å². The van der Waals surface area contributed by atoms with Crippen molar-refractivity contribution in [1.29, 1.82) is 0 Å². The highest BCUT2D eigenvalue weighted by Crippen LogP contribution is 2.40. The van der Waals surface area contributed by atoms with Crippen molar-refractivity contribution in [2.24, 2.45) is 0 Å². The Hall–Kier alpha value is -2.62. The molecule has 0 unspecified atom stereocenters. The van der Waals surface area contributed by atoms with E-state index < -0.39 is 42.3 Å². The van der Waals surface area contributed by atoms with Crippen LogP contribution in [0.2, 0.25) is 0 Å². The van der Waals surface area contributed by atoms with E-state index in [1.165, 1.54) is 0 Å². The molecular formula is C30H35NO6. The monoisotopic (exact) mass is 505 g/mol. The molecule has 37 heavy (non-hydrogen) atoms. The lowest BCUT2D eigenvalue weighted by molar-refractivity contribution is -0.214. The molecule has 7 nitrogen and oxygen atoms in total. The first-order valence-corrected chi connectivity index (χ1v) is 12.8. The number of benzene rings is 3. The van der Waals surface area contributed by atoms with Crippen molar-refractivity contribution in [3.8, 4) is 0 Å². The molecule has 1 aliphatic carbocycles. The number of hydroxylamine groups is 1. The van der Waals surface area contributed by atoms with E-state index in [4.69, 9.17) is 23.8 Å². The molecule has 7 heteroatoms. The first-order valence-electron chi connectivity index (χ1n) is 12.8. The summed E-state index contributed by atoms with van der Waals surface area (Å²) in [5.74, 6) is -0.867. The van der Waals surface area contributed by atoms with Gasteiger partial charge < -0.3 is 24.1 Å². The summed E-state index contributed by atoms with van der Waals surface area (Å²) in [7, 11) is 0. The van der Waals surface area contributed by atoms with Crippen LogP contribution in [0.5, 0.6) is 0 Å². The molecule has 6 atom stereocenters. The van der Waals surface area contributed by atoms with E-state index in [-0.39, 0.29) is 0 Å². The quantitative estimate of drug-likeness (QED) is 0.401. The van der Waals surface area contributed by atoms with Gasteiger partial charge in [-0.1, -0.05) is 91.0 Å². The van der Waals surface area contributed by atoms with Crippen molar-refractivity contribution in [1.82, 2.24) is 5.48 Å².